The summed E-state index contributed by atoms with van der Waals surface area (Å²) in [4.78, 5) is 5.78. The quantitative estimate of drug-likeness (QED) is 0.159. The average molecular weight is 1160 g/mol. The number of fused-ring (bicyclic) bond motifs is 9. The Bertz CT molecular complexity index is 3850. The highest BCUT2D eigenvalue weighted by Gasteiger charge is 2.50. The van der Waals surface area contributed by atoms with Crippen molar-refractivity contribution >= 4 is 78.0 Å². The van der Waals surface area contributed by atoms with Crippen LogP contribution in [-0.2, 0) is 43.3 Å². The summed E-state index contributed by atoms with van der Waals surface area (Å²) in [5.41, 5.74) is 29.3. The lowest BCUT2D eigenvalue weighted by atomic mass is 9.35. The highest BCUT2D eigenvalue weighted by molar-refractivity contribution is 7.33. The fourth-order valence-electron chi connectivity index (χ4n) is 17.8. The molecule has 2 saturated carbocycles. The van der Waals surface area contributed by atoms with Crippen LogP contribution in [0.5, 0.6) is 0 Å². The second-order valence-electron chi connectivity index (χ2n) is 35.0. The molecule has 0 N–H and O–H groups in total. The van der Waals surface area contributed by atoms with Crippen molar-refractivity contribution in [3.63, 3.8) is 0 Å². The molecule has 0 radical (unpaired) electrons. The van der Waals surface area contributed by atoms with E-state index in [-0.39, 0.29) is 50.0 Å². The Morgan fingerprint density at radius 1 is 0.419 bits per heavy atom. The minimum Gasteiger partial charge on any atom is -0.311 e. The molecule has 0 atom stereocenters. The fraction of sp³-hybridized carbons (Fsp3) is 0.537. The lowest BCUT2D eigenvalue weighted by molar-refractivity contribution is 0.332. The van der Waals surface area contributed by atoms with Crippen molar-refractivity contribution in [2.24, 2.45) is 0 Å². The molecule has 7 aromatic rings. The van der Waals surface area contributed by atoms with E-state index in [1.54, 1.807) is 22.3 Å². The van der Waals surface area contributed by atoms with Gasteiger partial charge in [0.2, 0.25) is 0 Å². The molecule has 0 unspecified atom stereocenters. The van der Waals surface area contributed by atoms with E-state index in [1.807, 2.05) is 0 Å². The second-order valence-corrected chi connectivity index (χ2v) is 36.1. The topological polar surface area (TPSA) is 6.48 Å². The highest BCUT2D eigenvalue weighted by Crippen LogP contribution is 2.58. The first kappa shape index (κ1) is 58.6. The average Bonchev–Trinajstić information content (AvgIpc) is 1.19. The summed E-state index contributed by atoms with van der Waals surface area (Å²) >= 11 is 2.13. The number of rotatable bonds is 5. The first-order chi connectivity index (χ1) is 40.3. The summed E-state index contributed by atoms with van der Waals surface area (Å²) in [5.74, 6) is 1.15. The van der Waals surface area contributed by atoms with Crippen LogP contribution in [0.3, 0.4) is 0 Å². The highest BCUT2D eigenvalue weighted by atomic mass is 32.1. The Morgan fingerprint density at radius 2 is 0.849 bits per heavy atom. The summed E-state index contributed by atoms with van der Waals surface area (Å²) < 4.78 is 2.97. The van der Waals surface area contributed by atoms with Crippen molar-refractivity contribution in [1.82, 2.24) is 0 Å². The van der Waals surface area contributed by atoms with E-state index < -0.39 is 0 Å². The van der Waals surface area contributed by atoms with Gasteiger partial charge in [-0.05, 0) is 246 Å². The van der Waals surface area contributed by atoms with Crippen LogP contribution < -0.4 is 25.5 Å². The molecule has 14 rings (SSSR count). The third-order valence-corrected chi connectivity index (χ3v) is 25.3. The van der Waals surface area contributed by atoms with E-state index in [0.29, 0.717) is 11.8 Å². The predicted octanol–water partition coefficient (Wildman–Crippen LogP) is 22.4. The number of hydrogen-bond donors (Lipinski definition) is 0. The van der Waals surface area contributed by atoms with Gasteiger partial charge in [-0.25, -0.2) is 0 Å². The maximum atomic E-state index is 2.93. The van der Waals surface area contributed by atoms with Crippen LogP contribution in [0.2, 0.25) is 0 Å². The van der Waals surface area contributed by atoms with Crippen molar-refractivity contribution in [1.29, 1.82) is 0 Å². The maximum absolute atomic E-state index is 2.93. The van der Waals surface area contributed by atoms with Crippen molar-refractivity contribution < 1.29 is 0 Å². The lowest BCUT2D eigenvalue weighted by Gasteiger charge is -2.48. The molecule has 0 spiro atoms. The Balaban J connectivity index is 1.15. The monoisotopic (exact) mass is 1160 g/mol. The molecule has 450 valence electrons. The molecule has 3 heterocycles. The molecule has 1 aromatic heterocycles. The maximum Gasteiger partial charge on any atom is 0.264 e. The second kappa shape index (κ2) is 19.7. The molecule has 6 aromatic carbocycles. The Morgan fingerprint density at radius 3 is 1.35 bits per heavy atom. The first-order valence-electron chi connectivity index (χ1n) is 34.4. The summed E-state index contributed by atoms with van der Waals surface area (Å²) in [5, 5.41) is 1.44. The normalized spacial score (nSPS) is 21.7. The van der Waals surface area contributed by atoms with Gasteiger partial charge in [0.25, 0.3) is 6.71 Å². The molecule has 0 saturated heterocycles. The standard InChI is InChI=1S/C82H103BN2S/c1-75(2,3)55-39-54(40-56(43-55)76(4,5)6)58-44-60-63(80(13,14)36-33-77(60,7)8)47-67(58)85-68-48-64-62(79(11,12)35-37-81(64,15)16)46-66(68)83-72-69(41-53(42-70(72)85)51-27-23-20-24-28-51)84(57-31-29-52(30-32-57)50-25-21-19-22-26-50)73-59-45-61-65(49-71(59)86-74(73)83)82(17,18)38-34-78(61,9)10/h29-32,39-51H,19-28,33-38H2,1-18H3. The molecule has 0 bridgehead atoms. The van der Waals surface area contributed by atoms with Crippen molar-refractivity contribution in [3.8, 4) is 11.1 Å². The van der Waals surface area contributed by atoms with Gasteiger partial charge in [-0.1, -0.05) is 200 Å². The van der Waals surface area contributed by atoms with Crippen LogP contribution >= 0.6 is 11.3 Å². The van der Waals surface area contributed by atoms with Crippen LogP contribution in [-0.4, -0.2) is 6.71 Å². The molecule has 86 heavy (non-hydrogen) atoms. The number of nitrogens with zero attached hydrogens (tertiary/aromatic N) is 2. The number of hydrogen-bond acceptors (Lipinski definition) is 3. The predicted molar refractivity (Wildman–Crippen MR) is 376 cm³/mol. The molecule has 7 aliphatic rings. The van der Waals surface area contributed by atoms with Crippen LogP contribution in [0, 0.1) is 0 Å². The minimum atomic E-state index is -0.0355. The Kier molecular flexibility index (Phi) is 13.4. The third-order valence-electron chi connectivity index (χ3n) is 24.1. The van der Waals surface area contributed by atoms with Gasteiger partial charge in [0.05, 0.1) is 11.4 Å². The number of anilines is 6. The van der Waals surface area contributed by atoms with Gasteiger partial charge in [0.15, 0.2) is 0 Å². The molecule has 2 fully saturated rings. The smallest absolute Gasteiger partial charge is 0.264 e. The van der Waals surface area contributed by atoms with Gasteiger partial charge in [0, 0.05) is 43.2 Å². The van der Waals surface area contributed by atoms with Crippen LogP contribution in [0.25, 0.3) is 21.2 Å². The molecule has 2 nitrogen and oxygen atoms in total. The van der Waals surface area contributed by atoms with Crippen LogP contribution in [0.4, 0.5) is 34.1 Å². The van der Waals surface area contributed by atoms with Crippen LogP contribution in [0.15, 0.2) is 91.0 Å². The molecule has 4 heteroatoms. The van der Waals surface area contributed by atoms with E-state index in [4.69, 9.17) is 0 Å². The fourth-order valence-corrected chi connectivity index (χ4v) is 19.2. The molecule has 0 amide bonds. The van der Waals surface area contributed by atoms with Crippen LogP contribution in [0.1, 0.15) is 295 Å². The lowest BCUT2D eigenvalue weighted by Crippen LogP contribution is -2.61. The van der Waals surface area contributed by atoms with Gasteiger partial charge in [-0.2, -0.15) is 0 Å². The summed E-state index contributed by atoms with van der Waals surface area (Å²) in [7, 11) is 0. The van der Waals surface area contributed by atoms with Crippen molar-refractivity contribution in [2.45, 2.75) is 283 Å². The number of thiophene rings is 1. The van der Waals surface area contributed by atoms with Gasteiger partial charge >= 0.3 is 0 Å². The Labute approximate surface area is 524 Å². The van der Waals surface area contributed by atoms with Gasteiger partial charge in [-0.15, -0.1) is 11.3 Å². The molecule has 5 aliphatic carbocycles. The summed E-state index contributed by atoms with van der Waals surface area (Å²) in [6.45, 7) is 45.1. The zero-order chi connectivity index (χ0) is 60.8. The Hall–Kier alpha value is -5.06. The van der Waals surface area contributed by atoms with E-state index in [9.17, 15) is 0 Å². The van der Waals surface area contributed by atoms with Gasteiger partial charge in [-0.3, -0.25) is 0 Å². The largest absolute Gasteiger partial charge is 0.311 e. The van der Waals surface area contributed by atoms with Gasteiger partial charge < -0.3 is 9.80 Å². The van der Waals surface area contributed by atoms with Gasteiger partial charge in [0.1, 0.15) is 0 Å². The molecular formula is C82H103BN2S. The zero-order valence-corrected chi connectivity index (χ0v) is 57.3. The SMILES string of the molecule is CC(C)(C)c1cc(-c2cc3c(cc2N2c4cc5c(cc4B4c6sc7cc8c(cc7c6N(c6ccc(C7CCCCC7)cc6)c6cc(C7CCCCC7)cc2c64)C(C)(C)CCC8(C)C)C(C)(C)CCC5(C)C)C(C)(C)CCC3(C)C)cc(C(C)(C)C)c1. The molecular weight excluding hydrogens is 1060 g/mol. The first-order valence-corrected chi connectivity index (χ1v) is 35.2. The minimum absolute atomic E-state index is 0.00319. The van der Waals surface area contributed by atoms with E-state index in [1.165, 1.54) is 207 Å². The zero-order valence-electron chi connectivity index (χ0n) is 56.5. The van der Waals surface area contributed by atoms with E-state index in [0.717, 1.165) is 0 Å². The number of benzene rings is 6. The summed E-state index contributed by atoms with van der Waals surface area (Å²) in [6.07, 6.45) is 20.2. The summed E-state index contributed by atoms with van der Waals surface area (Å²) in [6, 6.07) is 40.1. The van der Waals surface area contributed by atoms with E-state index >= 15 is 0 Å². The third kappa shape index (κ3) is 9.39. The van der Waals surface area contributed by atoms with E-state index in [2.05, 4.69) is 237 Å². The van der Waals surface area contributed by atoms with Crippen molar-refractivity contribution in [2.75, 3.05) is 9.80 Å². The molecule has 2 aliphatic heterocycles. The van der Waals surface area contributed by atoms with Crippen molar-refractivity contribution in [3.05, 3.63) is 147 Å².